The van der Waals surface area contributed by atoms with Gasteiger partial charge in [-0.15, -0.1) is 0 Å². The third-order valence-corrected chi connectivity index (χ3v) is 8.22. The molecule has 38 heavy (non-hydrogen) atoms. The van der Waals surface area contributed by atoms with Gasteiger partial charge < -0.3 is 0 Å². The molecule has 0 atom stereocenters. The molecule has 2 amide bonds. The summed E-state index contributed by atoms with van der Waals surface area (Å²) >= 11 is 5.46. The highest BCUT2D eigenvalue weighted by molar-refractivity contribution is 7.80. The number of likely N-dealkylation sites (N-methyl/N-ethyl adjacent to an activating group) is 2. The number of thiocarbonyl (C=S) groups is 1. The van der Waals surface area contributed by atoms with E-state index in [1.807, 2.05) is 13.8 Å². The predicted octanol–water partition coefficient (Wildman–Crippen LogP) is 7.58. The molecule has 200 valence electrons. The highest BCUT2D eigenvalue weighted by atomic mass is 32.1. The van der Waals surface area contributed by atoms with Crippen LogP contribution in [0.4, 0.5) is 0 Å². The summed E-state index contributed by atoms with van der Waals surface area (Å²) in [4.78, 5) is 29.9. The van der Waals surface area contributed by atoms with Crippen LogP contribution in [0.5, 0.6) is 0 Å². The van der Waals surface area contributed by atoms with E-state index in [0.29, 0.717) is 30.5 Å². The monoisotopic (exact) mass is 528 g/mol. The van der Waals surface area contributed by atoms with Gasteiger partial charge in [0.2, 0.25) is 0 Å². The van der Waals surface area contributed by atoms with E-state index < -0.39 is 0 Å². The van der Waals surface area contributed by atoms with Gasteiger partial charge in [-0.2, -0.15) is 0 Å². The Hall–Kier alpha value is -3.05. The number of carbonyl (C=O) groups excluding carboxylic acids is 2. The van der Waals surface area contributed by atoms with Crippen LogP contribution < -0.4 is 0 Å². The molecule has 3 aliphatic carbocycles. The third-order valence-electron chi connectivity index (χ3n) is 7.77. The molecule has 0 spiro atoms. The van der Waals surface area contributed by atoms with Crippen molar-refractivity contribution in [3.8, 4) is 11.1 Å². The van der Waals surface area contributed by atoms with E-state index in [9.17, 15) is 9.59 Å². The van der Waals surface area contributed by atoms with Crippen LogP contribution in [0.25, 0.3) is 17.2 Å². The fourth-order valence-corrected chi connectivity index (χ4v) is 6.23. The molecule has 0 bridgehead atoms. The van der Waals surface area contributed by atoms with Crippen molar-refractivity contribution in [2.45, 2.75) is 74.1 Å². The molecule has 1 aliphatic heterocycles. The van der Waals surface area contributed by atoms with Crippen LogP contribution in [0, 0.1) is 19.3 Å². The van der Waals surface area contributed by atoms with Crippen molar-refractivity contribution in [3.05, 3.63) is 75.4 Å². The first-order chi connectivity index (χ1) is 17.9. The Balaban J connectivity index is 1.79. The quantitative estimate of drug-likeness (QED) is 0.228. The van der Waals surface area contributed by atoms with E-state index >= 15 is 0 Å². The average molecular weight is 529 g/mol. The number of carbonyl (C=O) groups is 2. The smallest absolute Gasteiger partial charge is 0.265 e. The van der Waals surface area contributed by atoms with E-state index in [0.717, 1.165) is 17.6 Å². The zero-order valence-corrected chi connectivity index (χ0v) is 24.9. The summed E-state index contributed by atoms with van der Waals surface area (Å²) in [7, 11) is 0. The highest BCUT2D eigenvalue weighted by Crippen LogP contribution is 2.42. The molecule has 1 heterocycles. The van der Waals surface area contributed by atoms with E-state index in [4.69, 9.17) is 12.2 Å². The molecule has 0 saturated carbocycles. The second kappa shape index (κ2) is 10.6. The van der Waals surface area contributed by atoms with Crippen molar-refractivity contribution in [1.29, 1.82) is 0 Å². The molecule has 5 heteroatoms. The maximum absolute atomic E-state index is 13.4. The first-order valence-corrected chi connectivity index (χ1v) is 14.1. The average Bonchev–Trinajstić information content (AvgIpc) is 3.02. The summed E-state index contributed by atoms with van der Waals surface area (Å²) in [5.41, 5.74) is 9.76. The number of rotatable bonds is 5. The molecule has 0 N–H and O–H groups in total. The molecule has 0 aromatic rings. The van der Waals surface area contributed by atoms with Crippen LogP contribution in [-0.4, -0.2) is 39.8 Å². The number of hydrogen-bond acceptors (Lipinski definition) is 3. The summed E-state index contributed by atoms with van der Waals surface area (Å²) in [6, 6.07) is 9.05. The van der Waals surface area contributed by atoms with Gasteiger partial charge in [0.25, 0.3) is 11.8 Å². The van der Waals surface area contributed by atoms with Crippen molar-refractivity contribution >= 4 is 35.2 Å². The zero-order chi connectivity index (χ0) is 27.9. The summed E-state index contributed by atoms with van der Waals surface area (Å²) in [6.45, 7) is 17.9. The summed E-state index contributed by atoms with van der Waals surface area (Å²) in [5.74, 6) is -0.0892. The highest BCUT2D eigenvalue weighted by Gasteiger charge is 2.41. The van der Waals surface area contributed by atoms with Gasteiger partial charge in [-0.1, -0.05) is 70.2 Å². The fourth-order valence-electron chi connectivity index (χ4n) is 5.81. The minimum atomic E-state index is -0.277. The normalized spacial score (nSPS) is 18.4. The Morgan fingerprint density at radius 2 is 1.58 bits per heavy atom. The number of fused-ring (bicyclic) bond motifs is 1. The number of nitrogens with zero attached hydrogens (tertiary/aromatic N) is 2. The Morgan fingerprint density at radius 3 is 2.16 bits per heavy atom. The second-order valence-electron chi connectivity index (χ2n) is 11.7. The standard InChI is InChI=1S/C33H40N2O2S/c1-9-34-30(36)29(31(37)35(10-2)32(34)38)26-16-23(18-33(7,8)19-26)12-14-25-15-22(6)27-17-24(20(3)4)13-11-21(5)28(25)27/h11-17,20H,9-10,18-19H2,1-8H3/b14-12+. The molecule has 4 aliphatic rings. The van der Waals surface area contributed by atoms with Gasteiger partial charge in [-0.3, -0.25) is 19.4 Å². The maximum atomic E-state index is 13.4. The van der Waals surface area contributed by atoms with Crippen molar-refractivity contribution in [3.63, 3.8) is 0 Å². The second-order valence-corrected chi connectivity index (χ2v) is 12.1. The van der Waals surface area contributed by atoms with Gasteiger partial charge in [0.1, 0.15) is 5.57 Å². The van der Waals surface area contributed by atoms with E-state index in [-0.39, 0.29) is 22.8 Å². The van der Waals surface area contributed by atoms with Crippen LogP contribution in [0.3, 0.4) is 0 Å². The number of amides is 2. The lowest BCUT2D eigenvalue weighted by Gasteiger charge is -2.38. The van der Waals surface area contributed by atoms with Crippen LogP contribution in [-0.2, 0) is 9.59 Å². The Bertz CT molecular complexity index is 1350. The van der Waals surface area contributed by atoms with E-state index in [2.05, 4.69) is 84.0 Å². The van der Waals surface area contributed by atoms with E-state index in [1.165, 1.54) is 33.4 Å². The molecule has 0 aromatic carbocycles. The molecule has 4 rings (SSSR count). The molecular weight excluding hydrogens is 488 g/mol. The minimum Gasteiger partial charge on any atom is -0.285 e. The number of aryl methyl sites for hydroxylation is 2. The number of hydrogen-bond donors (Lipinski definition) is 0. The van der Waals surface area contributed by atoms with Gasteiger partial charge in [0.05, 0.1) is 0 Å². The van der Waals surface area contributed by atoms with Crippen molar-refractivity contribution in [2.75, 3.05) is 13.1 Å². The molecular formula is C33H40N2O2S. The van der Waals surface area contributed by atoms with Gasteiger partial charge in [-0.25, -0.2) is 0 Å². The van der Waals surface area contributed by atoms with Crippen molar-refractivity contribution in [1.82, 2.24) is 9.80 Å². The molecule has 0 radical (unpaired) electrons. The minimum absolute atomic E-state index is 0.0815. The van der Waals surface area contributed by atoms with Gasteiger partial charge in [-0.05, 0) is 109 Å². The van der Waals surface area contributed by atoms with Crippen LogP contribution >= 0.6 is 12.2 Å². The topological polar surface area (TPSA) is 40.6 Å². The van der Waals surface area contributed by atoms with Gasteiger partial charge in [0, 0.05) is 13.1 Å². The van der Waals surface area contributed by atoms with Crippen LogP contribution in [0.2, 0.25) is 0 Å². The van der Waals surface area contributed by atoms with E-state index in [1.54, 1.807) is 9.80 Å². The fraction of sp³-hybridized carbons (Fsp3) is 0.424. The third kappa shape index (κ3) is 5.13. The summed E-state index contributed by atoms with van der Waals surface area (Å²) < 4.78 is 0. The lowest BCUT2D eigenvalue weighted by molar-refractivity contribution is -0.133. The van der Waals surface area contributed by atoms with Crippen molar-refractivity contribution in [2.24, 2.45) is 5.41 Å². The van der Waals surface area contributed by atoms with Gasteiger partial charge >= 0.3 is 0 Å². The Labute approximate surface area is 233 Å². The molecule has 4 nitrogen and oxygen atoms in total. The predicted molar refractivity (Wildman–Crippen MR) is 161 cm³/mol. The van der Waals surface area contributed by atoms with Gasteiger partial charge in [0.15, 0.2) is 5.11 Å². The Kier molecular flexibility index (Phi) is 7.81. The first-order valence-electron chi connectivity index (χ1n) is 13.7. The molecule has 0 unspecified atom stereocenters. The zero-order valence-electron chi connectivity index (χ0n) is 24.1. The Morgan fingerprint density at radius 1 is 0.947 bits per heavy atom. The maximum Gasteiger partial charge on any atom is 0.265 e. The molecule has 1 fully saturated rings. The van der Waals surface area contributed by atoms with Crippen LogP contribution in [0.1, 0.15) is 82.6 Å². The molecule has 0 aromatic heterocycles. The summed E-state index contributed by atoms with van der Waals surface area (Å²) in [5, 5.41) is 0.302. The SMILES string of the molecule is CCN1C(=O)C(=C2C=C(/C=C/c3cc(C)c4cc(C(C)C)ccc(C)c3-4)CC(C)(C)C2)C(=O)N(CC)C1=S. The van der Waals surface area contributed by atoms with Crippen LogP contribution in [0.15, 0.2) is 53.1 Å². The lowest BCUT2D eigenvalue weighted by atomic mass is 9.73. The molecule has 1 saturated heterocycles. The first kappa shape index (κ1) is 28.0. The largest absolute Gasteiger partial charge is 0.285 e. The summed E-state index contributed by atoms with van der Waals surface area (Å²) in [6.07, 6.45) is 7.97. The van der Waals surface area contributed by atoms with Crippen molar-refractivity contribution < 1.29 is 9.59 Å². The number of allylic oxidation sites excluding steroid dienone is 4. The lowest BCUT2D eigenvalue weighted by Crippen LogP contribution is -2.56.